The van der Waals surface area contributed by atoms with Gasteiger partial charge in [0.15, 0.2) is 0 Å². The summed E-state index contributed by atoms with van der Waals surface area (Å²) in [6.07, 6.45) is 2.96. The van der Waals surface area contributed by atoms with E-state index in [4.69, 9.17) is 4.74 Å². The fraction of sp³-hybridized carbons (Fsp3) is 0.424. The number of rotatable bonds is 8. The van der Waals surface area contributed by atoms with E-state index in [0.29, 0.717) is 38.8 Å². The highest BCUT2D eigenvalue weighted by Crippen LogP contribution is 2.26. The van der Waals surface area contributed by atoms with E-state index in [1.807, 2.05) is 77.4 Å². The number of nitrogens with zero attached hydrogens (tertiary/aromatic N) is 2. The molecular weight excluding hydrogens is 516 g/mol. The van der Waals surface area contributed by atoms with Crippen molar-refractivity contribution in [2.45, 2.75) is 63.6 Å². The number of benzene rings is 3. The van der Waals surface area contributed by atoms with Crippen molar-refractivity contribution < 1.29 is 19.1 Å². The first-order valence-corrected chi connectivity index (χ1v) is 14.8. The molecule has 216 valence electrons. The standard InChI is InChI=1S/C33H40N4O4/c1-2-31(38)37(26-12-4-3-5-13-26)27-17-21-36(22-18-27)32(39)30(35-33(40)41-28-15-19-34-20-16-28)23-25-11-8-10-24-9-6-7-14-29(24)25/h3-14,27-28,30,34H,2,15-23H2,1H3,(H,35,40)/t30-/m1/s1. The predicted octanol–water partition coefficient (Wildman–Crippen LogP) is 4.66. The fourth-order valence-electron chi connectivity index (χ4n) is 6.01. The van der Waals surface area contributed by atoms with E-state index in [0.717, 1.165) is 48.0 Å². The predicted molar refractivity (Wildman–Crippen MR) is 161 cm³/mol. The van der Waals surface area contributed by atoms with E-state index in [2.05, 4.69) is 22.8 Å². The lowest BCUT2D eigenvalue weighted by Crippen LogP contribution is -2.55. The fourth-order valence-corrected chi connectivity index (χ4v) is 6.01. The minimum atomic E-state index is -0.755. The summed E-state index contributed by atoms with van der Waals surface area (Å²) in [6.45, 7) is 4.53. The van der Waals surface area contributed by atoms with Crippen LogP contribution in [0.5, 0.6) is 0 Å². The largest absolute Gasteiger partial charge is 0.446 e. The Hall–Kier alpha value is -3.91. The van der Waals surface area contributed by atoms with Gasteiger partial charge < -0.3 is 25.2 Å². The lowest BCUT2D eigenvalue weighted by Gasteiger charge is -2.39. The number of alkyl carbamates (subject to hydrolysis) is 1. The van der Waals surface area contributed by atoms with Crippen LogP contribution < -0.4 is 15.5 Å². The van der Waals surface area contributed by atoms with Gasteiger partial charge in [-0.15, -0.1) is 0 Å². The number of anilines is 1. The second kappa shape index (κ2) is 13.6. The normalized spacial score (nSPS) is 17.1. The van der Waals surface area contributed by atoms with Crippen molar-refractivity contribution in [1.82, 2.24) is 15.5 Å². The quantitative estimate of drug-likeness (QED) is 0.421. The molecule has 41 heavy (non-hydrogen) atoms. The van der Waals surface area contributed by atoms with Crippen LogP contribution in [0.2, 0.25) is 0 Å². The zero-order chi connectivity index (χ0) is 28.6. The second-order valence-corrected chi connectivity index (χ2v) is 10.9. The summed E-state index contributed by atoms with van der Waals surface area (Å²) in [7, 11) is 0. The SMILES string of the molecule is CCC(=O)N(c1ccccc1)C1CCN(C(=O)[C@@H](Cc2cccc3ccccc23)NC(=O)OC2CCNCC2)CC1. The van der Waals surface area contributed by atoms with Crippen molar-refractivity contribution in [2.75, 3.05) is 31.1 Å². The van der Waals surface area contributed by atoms with E-state index in [1.165, 1.54) is 0 Å². The van der Waals surface area contributed by atoms with Crippen LogP contribution in [0.15, 0.2) is 72.8 Å². The molecule has 2 heterocycles. The van der Waals surface area contributed by atoms with Gasteiger partial charge in [-0.25, -0.2) is 4.79 Å². The molecule has 5 rings (SSSR count). The summed E-state index contributed by atoms with van der Waals surface area (Å²) in [6, 6.07) is 23.1. The van der Waals surface area contributed by atoms with Gasteiger partial charge in [-0.3, -0.25) is 9.59 Å². The molecule has 3 aromatic carbocycles. The Kier molecular flexibility index (Phi) is 9.51. The Morgan fingerprint density at radius 1 is 0.927 bits per heavy atom. The van der Waals surface area contributed by atoms with Gasteiger partial charge in [-0.05, 0) is 67.2 Å². The van der Waals surface area contributed by atoms with E-state index in [9.17, 15) is 14.4 Å². The lowest BCUT2D eigenvalue weighted by molar-refractivity contribution is -0.134. The smallest absolute Gasteiger partial charge is 0.408 e. The minimum Gasteiger partial charge on any atom is -0.446 e. The highest BCUT2D eigenvalue weighted by atomic mass is 16.6. The average molecular weight is 557 g/mol. The second-order valence-electron chi connectivity index (χ2n) is 10.9. The van der Waals surface area contributed by atoms with Gasteiger partial charge in [0, 0.05) is 37.7 Å². The number of piperidine rings is 2. The van der Waals surface area contributed by atoms with Crippen molar-refractivity contribution in [2.24, 2.45) is 0 Å². The van der Waals surface area contributed by atoms with Gasteiger partial charge in [0.2, 0.25) is 11.8 Å². The van der Waals surface area contributed by atoms with Crippen LogP contribution >= 0.6 is 0 Å². The molecule has 0 aliphatic carbocycles. The number of likely N-dealkylation sites (tertiary alicyclic amines) is 1. The van der Waals surface area contributed by atoms with Crippen LogP contribution in [0.4, 0.5) is 10.5 Å². The molecule has 0 aromatic heterocycles. The minimum absolute atomic E-state index is 0.0169. The first-order valence-electron chi connectivity index (χ1n) is 14.8. The molecule has 0 radical (unpaired) electrons. The van der Waals surface area contributed by atoms with Crippen LogP contribution in [0.25, 0.3) is 10.8 Å². The summed E-state index contributed by atoms with van der Waals surface area (Å²) >= 11 is 0. The Bertz CT molecular complexity index is 1330. The molecule has 2 N–H and O–H groups in total. The van der Waals surface area contributed by atoms with E-state index >= 15 is 0 Å². The van der Waals surface area contributed by atoms with Gasteiger partial charge in [-0.2, -0.15) is 0 Å². The van der Waals surface area contributed by atoms with Crippen LogP contribution in [-0.2, 0) is 20.7 Å². The molecule has 8 nitrogen and oxygen atoms in total. The molecule has 0 saturated carbocycles. The van der Waals surface area contributed by atoms with Gasteiger partial charge >= 0.3 is 6.09 Å². The maximum atomic E-state index is 14.0. The molecule has 3 amide bonds. The van der Waals surface area contributed by atoms with Crippen LogP contribution in [0, 0.1) is 0 Å². The third-order valence-electron chi connectivity index (χ3n) is 8.20. The molecule has 2 aliphatic rings. The van der Waals surface area contributed by atoms with Crippen molar-refractivity contribution in [3.05, 3.63) is 78.4 Å². The first-order chi connectivity index (χ1) is 20.0. The number of hydrogen-bond donors (Lipinski definition) is 2. The van der Waals surface area contributed by atoms with Gasteiger partial charge in [0.25, 0.3) is 0 Å². The Morgan fingerprint density at radius 2 is 1.61 bits per heavy atom. The Morgan fingerprint density at radius 3 is 2.34 bits per heavy atom. The summed E-state index contributed by atoms with van der Waals surface area (Å²) in [5.41, 5.74) is 1.89. The average Bonchev–Trinajstić information content (AvgIpc) is 3.02. The molecule has 0 spiro atoms. The topological polar surface area (TPSA) is 91.0 Å². The van der Waals surface area contributed by atoms with E-state index in [1.54, 1.807) is 0 Å². The summed E-state index contributed by atoms with van der Waals surface area (Å²) in [4.78, 5) is 43.6. The third-order valence-corrected chi connectivity index (χ3v) is 8.20. The number of ether oxygens (including phenoxy) is 1. The van der Waals surface area contributed by atoms with E-state index in [-0.39, 0.29) is 24.0 Å². The number of hydrogen-bond acceptors (Lipinski definition) is 5. The first kappa shape index (κ1) is 28.6. The van der Waals surface area contributed by atoms with Gasteiger partial charge in [0.05, 0.1) is 0 Å². The van der Waals surface area contributed by atoms with Crippen LogP contribution in [0.1, 0.15) is 44.6 Å². The van der Waals surface area contributed by atoms with Crippen molar-refractivity contribution >= 4 is 34.4 Å². The zero-order valence-corrected chi connectivity index (χ0v) is 23.8. The van der Waals surface area contributed by atoms with Crippen LogP contribution in [-0.4, -0.2) is 67.2 Å². The highest BCUT2D eigenvalue weighted by Gasteiger charge is 2.34. The molecule has 3 aromatic rings. The Balaban J connectivity index is 1.31. The molecule has 0 bridgehead atoms. The third kappa shape index (κ3) is 7.06. The lowest BCUT2D eigenvalue weighted by atomic mass is 9.96. The van der Waals surface area contributed by atoms with Crippen LogP contribution in [0.3, 0.4) is 0 Å². The van der Waals surface area contributed by atoms with E-state index < -0.39 is 12.1 Å². The monoisotopic (exact) mass is 556 g/mol. The molecule has 2 fully saturated rings. The zero-order valence-electron chi connectivity index (χ0n) is 23.8. The number of amides is 3. The molecule has 2 aliphatic heterocycles. The molecule has 2 saturated heterocycles. The highest BCUT2D eigenvalue weighted by molar-refractivity contribution is 5.94. The summed E-state index contributed by atoms with van der Waals surface area (Å²) in [5.74, 6) is -0.0381. The van der Waals surface area contributed by atoms with Crippen molar-refractivity contribution in [1.29, 1.82) is 0 Å². The number of carbonyl (C=O) groups excluding carboxylic acids is 3. The number of carbonyl (C=O) groups is 3. The maximum absolute atomic E-state index is 14.0. The summed E-state index contributed by atoms with van der Waals surface area (Å²) in [5, 5.41) is 8.36. The van der Waals surface area contributed by atoms with Gasteiger partial charge in [-0.1, -0.05) is 67.6 Å². The molecular formula is C33H40N4O4. The maximum Gasteiger partial charge on any atom is 0.408 e. The summed E-state index contributed by atoms with van der Waals surface area (Å²) < 4.78 is 5.72. The number of fused-ring (bicyclic) bond motifs is 1. The number of nitrogens with one attached hydrogen (secondary N) is 2. The van der Waals surface area contributed by atoms with Gasteiger partial charge in [0.1, 0.15) is 12.1 Å². The van der Waals surface area contributed by atoms with Crippen molar-refractivity contribution in [3.63, 3.8) is 0 Å². The Labute approximate surface area is 242 Å². The molecule has 0 unspecified atom stereocenters. The molecule has 1 atom stereocenters. The molecule has 8 heteroatoms. The van der Waals surface area contributed by atoms with Crippen molar-refractivity contribution in [3.8, 4) is 0 Å². The number of para-hydroxylation sites is 1.